The highest BCUT2D eigenvalue weighted by molar-refractivity contribution is 5.96. The molecule has 25 heavy (non-hydrogen) atoms. The van der Waals surface area contributed by atoms with Gasteiger partial charge in [-0.3, -0.25) is 10.1 Å². The van der Waals surface area contributed by atoms with E-state index in [4.69, 9.17) is 0 Å². The molecule has 1 heterocycles. The Balaban J connectivity index is 1.50. The Morgan fingerprint density at radius 1 is 1.28 bits per heavy atom. The van der Waals surface area contributed by atoms with Gasteiger partial charge in [-0.25, -0.2) is 9.48 Å². The first-order valence-electron chi connectivity index (χ1n) is 8.29. The summed E-state index contributed by atoms with van der Waals surface area (Å²) >= 11 is 0. The third kappa shape index (κ3) is 4.52. The molecule has 3 N–H and O–H groups in total. The van der Waals surface area contributed by atoms with E-state index in [2.05, 4.69) is 31.5 Å². The van der Waals surface area contributed by atoms with Crippen LogP contribution >= 0.6 is 0 Å². The van der Waals surface area contributed by atoms with Gasteiger partial charge in [-0.15, -0.1) is 5.10 Å². The number of carbonyl (C=O) groups excluding carboxylic acids is 2. The van der Waals surface area contributed by atoms with Crippen molar-refractivity contribution in [1.82, 2.24) is 30.8 Å². The monoisotopic (exact) mass is 343 g/mol. The minimum absolute atomic E-state index is 0.00138. The van der Waals surface area contributed by atoms with E-state index in [1.165, 1.54) is 0 Å². The third-order valence-corrected chi connectivity index (χ3v) is 4.14. The lowest BCUT2D eigenvalue weighted by atomic mass is 10.2. The number of urea groups is 1. The molecule has 3 amide bonds. The van der Waals surface area contributed by atoms with Crippen LogP contribution in [0.15, 0.2) is 24.3 Å². The second-order valence-corrected chi connectivity index (χ2v) is 6.06. The van der Waals surface area contributed by atoms with Crippen LogP contribution in [0.3, 0.4) is 0 Å². The van der Waals surface area contributed by atoms with Crippen molar-refractivity contribution < 1.29 is 9.59 Å². The van der Waals surface area contributed by atoms with Gasteiger partial charge in [-0.1, -0.05) is 25.0 Å². The van der Waals surface area contributed by atoms with Crippen LogP contribution in [0.2, 0.25) is 0 Å². The molecule has 0 bridgehead atoms. The van der Waals surface area contributed by atoms with Crippen LogP contribution in [0.4, 0.5) is 10.5 Å². The van der Waals surface area contributed by atoms with Crippen LogP contribution in [0, 0.1) is 0 Å². The summed E-state index contributed by atoms with van der Waals surface area (Å²) < 4.78 is 1.57. The Morgan fingerprint density at radius 3 is 2.80 bits per heavy atom. The Morgan fingerprint density at radius 2 is 2.08 bits per heavy atom. The highest BCUT2D eigenvalue weighted by Crippen LogP contribution is 2.19. The molecule has 9 nitrogen and oxygen atoms in total. The summed E-state index contributed by atoms with van der Waals surface area (Å²) in [5.41, 5.74) is 1.57. The lowest BCUT2D eigenvalue weighted by molar-refractivity contribution is -0.118. The van der Waals surface area contributed by atoms with Gasteiger partial charge < -0.3 is 10.6 Å². The molecular weight excluding hydrogens is 322 g/mol. The molecule has 1 aliphatic rings. The van der Waals surface area contributed by atoms with Crippen LogP contribution in [0.5, 0.6) is 0 Å². The van der Waals surface area contributed by atoms with E-state index >= 15 is 0 Å². The number of carbonyl (C=O) groups is 2. The number of benzene rings is 1. The van der Waals surface area contributed by atoms with Gasteiger partial charge in [0.25, 0.3) is 0 Å². The van der Waals surface area contributed by atoms with Crippen molar-refractivity contribution in [2.45, 2.75) is 31.7 Å². The van der Waals surface area contributed by atoms with E-state index in [0.717, 1.165) is 36.9 Å². The van der Waals surface area contributed by atoms with Crippen molar-refractivity contribution in [1.29, 1.82) is 0 Å². The number of imide groups is 1. The summed E-state index contributed by atoms with van der Waals surface area (Å²) in [5.74, 6) is 0.241. The van der Waals surface area contributed by atoms with E-state index in [-0.39, 0.29) is 18.5 Å². The molecular formula is C16H21N7O2. The van der Waals surface area contributed by atoms with E-state index in [1.807, 2.05) is 24.3 Å². The predicted octanol–water partition coefficient (Wildman–Crippen LogP) is 1.06. The summed E-state index contributed by atoms with van der Waals surface area (Å²) in [5, 5.41) is 19.5. The maximum atomic E-state index is 11.9. The third-order valence-electron chi connectivity index (χ3n) is 4.14. The van der Waals surface area contributed by atoms with E-state index in [1.54, 1.807) is 11.7 Å². The lowest BCUT2D eigenvalue weighted by Gasteiger charge is -2.13. The van der Waals surface area contributed by atoms with E-state index in [0.29, 0.717) is 5.82 Å². The Bertz CT molecular complexity index is 752. The zero-order valence-corrected chi connectivity index (χ0v) is 14.0. The Hall–Kier alpha value is -2.97. The van der Waals surface area contributed by atoms with Crippen molar-refractivity contribution in [2.24, 2.45) is 7.05 Å². The van der Waals surface area contributed by atoms with Gasteiger partial charge in [-0.05, 0) is 35.4 Å². The number of rotatable bonds is 5. The molecule has 2 aromatic rings. The first kappa shape index (κ1) is 16.9. The van der Waals surface area contributed by atoms with Crippen molar-refractivity contribution in [3.8, 4) is 11.4 Å². The van der Waals surface area contributed by atoms with Crippen molar-refractivity contribution in [3.05, 3.63) is 24.3 Å². The molecule has 1 fully saturated rings. The average molecular weight is 343 g/mol. The van der Waals surface area contributed by atoms with Crippen molar-refractivity contribution in [3.63, 3.8) is 0 Å². The first-order valence-corrected chi connectivity index (χ1v) is 8.29. The van der Waals surface area contributed by atoms with E-state index in [9.17, 15) is 9.59 Å². The molecule has 0 radical (unpaired) electrons. The minimum Gasteiger partial charge on any atom is -0.376 e. The largest absolute Gasteiger partial charge is 0.376 e. The molecule has 1 aromatic carbocycles. The zero-order chi connectivity index (χ0) is 17.6. The van der Waals surface area contributed by atoms with Crippen LogP contribution in [0.25, 0.3) is 11.4 Å². The minimum atomic E-state index is -0.433. The number of nitrogens with zero attached hydrogens (tertiary/aromatic N) is 4. The SMILES string of the molecule is Cn1nnnc1-c1cccc(NCC(=O)NC(=O)NC2CCCC2)c1. The smallest absolute Gasteiger partial charge is 0.321 e. The molecule has 0 atom stereocenters. The van der Waals surface area contributed by atoms with Gasteiger partial charge in [0.15, 0.2) is 5.82 Å². The Kier molecular flexibility index (Phi) is 5.22. The van der Waals surface area contributed by atoms with Gasteiger partial charge in [-0.2, -0.15) is 0 Å². The fourth-order valence-corrected chi connectivity index (χ4v) is 2.89. The number of aryl methyl sites for hydroxylation is 1. The van der Waals surface area contributed by atoms with Gasteiger partial charge in [0.2, 0.25) is 5.91 Å². The summed E-state index contributed by atoms with van der Waals surface area (Å²) in [6, 6.07) is 7.15. The number of aromatic nitrogens is 4. The maximum absolute atomic E-state index is 11.9. The number of hydrogen-bond donors (Lipinski definition) is 3. The van der Waals surface area contributed by atoms with Crippen LogP contribution in [-0.2, 0) is 11.8 Å². The molecule has 0 unspecified atom stereocenters. The summed E-state index contributed by atoms with van der Waals surface area (Å²) in [6.45, 7) is -0.00138. The van der Waals surface area contributed by atoms with Crippen molar-refractivity contribution in [2.75, 3.05) is 11.9 Å². The average Bonchev–Trinajstić information content (AvgIpc) is 3.24. The molecule has 9 heteroatoms. The number of amides is 3. The molecule has 1 aromatic heterocycles. The topological polar surface area (TPSA) is 114 Å². The first-order chi connectivity index (χ1) is 12.1. The zero-order valence-electron chi connectivity index (χ0n) is 14.0. The molecule has 0 aliphatic heterocycles. The second kappa shape index (κ2) is 7.73. The highest BCUT2D eigenvalue weighted by atomic mass is 16.2. The fourth-order valence-electron chi connectivity index (χ4n) is 2.89. The van der Waals surface area contributed by atoms with Crippen LogP contribution in [-0.4, -0.2) is 44.7 Å². The van der Waals surface area contributed by atoms with Crippen LogP contribution in [0.1, 0.15) is 25.7 Å². The fraction of sp³-hybridized carbons (Fsp3) is 0.438. The summed E-state index contributed by atoms with van der Waals surface area (Å²) in [6.07, 6.45) is 4.20. The van der Waals surface area contributed by atoms with Gasteiger partial charge in [0.05, 0.1) is 6.54 Å². The summed E-state index contributed by atoms with van der Waals surface area (Å²) in [7, 11) is 1.76. The summed E-state index contributed by atoms with van der Waals surface area (Å²) in [4.78, 5) is 23.7. The standard InChI is InChI=1S/C16H21N7O2/c1-23-15(20-21-22-23)11-5-4-8-13(9-11)17-10-14(24)19-16(25)18-12-6-2-3-7-12/h4-5,8-9,12,17H,2-3,6-7,10H2,1H3,(H2,18,19,24,25). The van der Waals surface area contributed by atoms with Crippen molar-refractivity contribution >= 4 is 17.6 Å². The number of nitrogens with one attached hydrogen (secondary N) is 3. The highest BCUT2D eigenvalue weighted by Gasteiger charge is 2.18. The normalized spacial score (nSPS) is 14.3. The Labute approximate surface area is 145 Å². The molecule has 3 rings (SSSR count). The lowest BCUT2D eigenvalue weighted by Crippen LogP contribution is -2.45. The number of hydrogen-bond acceptors (Lipinski definition) is 6. The van der Waals surface area contributed by atoms with Gasteiger partial charge in [0, 0.05) is 24.3 Å². The second-order valence-electron chi connectivity index (χ2n) is 6.06. The van der Waals surface area contributed by atoms with Crippen LogP contribution < -0.4 is 16.0 Å². The van der Waals surface area contributed by atoms with E-state index < -0.39 is 6.03 Å². The van der Waals surface area contributed by atoms with Gasteiger partial charge >= 0.3 is 6.03 Å². The molecule has 0 saturated heterocycles. The quantitative estimate of drug-likeness (QED) is 0.748. The molecule has 1 aliphatic carbocycles. The molecule has 132 valence electrons. The predicted molar refractivity (Wildman–Crippen MR) is 91.7 cm³/mol. The molecule has 1 saturated carbocycles. The number of anilines is 1. The number of tetrazole rings is 1. The molecule has 0 spiro atoms. The maximum Gasteiger partial charge on any atom is 0.321 e. The van der Waals surface area contributed by atoms with Gasteiger partial charge in [0.1, 0.15) is 0 Å².